The molecule has 1 radical (unpaired) electrons. The summed E-state index contributed by atoms with van der Waals surface area (Å²) in [5.74, 6) is 0. The number of rotatable bonds is 12. The van der Waals surface area contributed by atoms with Crippen LogP contribution in [0.25, 0.3) is 0 Å². The zero-order chi connectivity index (χ0) is 12.6. The molecule has 0 aliphatic heterocycles. The Labute approximate surface area is 109 Å². The summed E-state index contributed by atoms with van der Waals surface area (Å²) >= 11 is 0. The minimum Gasteiger partial charge on any atom is -0.0882 e. The Hall–Kier alpha value is -0.520. The topological polar surface area (TPSA) is 0 Å². The average Bonchev–Trinajstić information content (AvgIpc) is 2.35. The zero-order valence-electron chi connectivity index (χ0n) is 11.8. The van der Waals surface area contributed by atoms with Crippen molar-refractivity contribution in [1.29, 1.82) is 0 Å². The summed E-state index contributed by atoms with van der Waals surface area (Å²) in [6.07, 6.45) is 23.4. The summed E-state index contributed by atoms with van der Waals surface area (Å²) in [5.41, 5.74) is 0. The molecule has 0 aromatic heterocycles. The van der Waals surface area contributed by atoms with E-state index in [9.17, 15) is 0 Å². The Kier molecular flexibility index (Phi) is 15.0. The van der Waals surface area contributed by atoms with Crippen LogP contribution in [0.5, 0.6) is 0 Å². The van der Waals surface area contributed by atoms with Gasteiger partial charge in [0.1, 0.15) is 0 Å². The fraction of sp³-hybridized carbons (Fsp3) is 0.706. The molecule has 0 nitrogen and oxygen atoms in total. The molecule has 0 saturated carbocycles. The second-order valence-corrected chi connectivity index (χ2v) is 4.73. The van der Waals surface area contributed by atoms with E-state index < -0.39 is 0 Å². The molecule has 0 heterocycles. The molecule has 0 spiro atoms. The van der Waals surface area contributed by atoms with Gasteiger partial charge in [0, 0.05) is 0 Å². The van der Waals surface area contributed by atoms with E-state index in [0.717, 1.165) is 19.3 Å². The predicted octanol–water partition coefficient (Wildman–Crippen LogP) is 6.24. The molecule has 0 heteroatoms. The van der Waals surface area contributed by atoms with Crippen molar-refractivity contribution in [2.24, 2.45) is 0 Å². The monoisotopic (exact) mass is 235 g/mol. The van der Waals surface area contributed by atoms with Gasteiger partial charge in [0.2, 0.25) is 0 Å². The van der Waals surface area contributed by atoms with E-state index in [0.29, 0.717) is 0 Å². The highest BCUT2D eigenvalue weighted by atomic mass is 13.9. The van der Waals surface area contributed by atoms with Crippen LogP contribution in [-0.2, 0) is 0 Å². The molecule has 0 N–H and O–H groups in total. The van der Waals surface area contributed by atoms with Crippen molar-refractivity contribution >= 4 is 0 Å². The maximum absolute atomic E-state index is 3.81. The van der Waals surface area contributed by atoms with Crippen LogP contribution in [0.15, 0.2) is 24.3 Å². The third kappa shape index (κ3) is 15.5. The molecule has 0 atom stereocenters. The first kappa shape index (κ1) is 16.5. The minimum atomic E-state index is 1.01. The van der Waals surface area contributed by atoms with E-state index in [1.54, 1.807) is 0 Å². The largest absolute Gasteiger partial charge is 0.0882 e. The summed E-state index contributed by atoms with van der Waals surface area (Å²) in [6.45, 7) is 6.08. The van der Waals surface area contributed by atoms with Gasteiger partial charge in [-0.2, -0.15) is 0 Å². The van der Waals surface area contributed by atoms with Gasteiger partial charge >= 0.3 is 0 Å². The van der Waals surface area contributed by atoms with Crippen molar-refractivity contribution in [3.63, 3.8) is 0 Å². The van der Waals surface area contributed by atoms with Crippen LogP contribution in [0.4, 0.5) is 0 Å². The quantitative estimate of drug-likeness (QED) is 0.277. The molecule has 0 unspecified atom stereocenters. The lowest BCUT2D eigenvalue weighted by Gasteiger charge is -1.98. The second kappa shape index (κ2) is 15.5. The molecular weight excluding hydrogens is 204 g/mol. The molecule has 0 aromatic carbocycles. The molecule has 0 aromatic rings. The van der Waals surface area contributed by atoms with Crippen LogP contribution in [0.3, 0.4) is 0 Å². The number of hydrogen-bond donors (Lipinski definition) is 0. The number of unbranched alkanes of at least 4 members (excludes halogenated alkanes) is 8. The summed E-state index contributed by atoms with van der Waals surface area (Å²) in [7, 11) is 0. The molecule has 0 aliphatic carbocycles. The van der Waals surface area contributed by atoms with Crippen LogP contribution >= 0.6 is 0 Å². The fourth-order valence-electron chi connectivity index (χ4n) is 1.84. The van der Waals surface area contributed by atoms with Gasteiger partial charge in [-0.25, -0.2) is 0 Å². The van der Waals surface area contributed by atoms with E-state index in [4.69, 9.17) is 0 Å². The lowest BCUT2D eigenvalue weighted by atomic mass is 10.1. The summed E-state index contributed by atoms with van der Waals surface area (Å²) < 4.78 is 0. The zero-order valence-corrected chi connectivity index (χ0v) is 11.8. The summed E-state index contributed by atoms with van der Waals surface area (Å²) in [6, 6.07) is 0. The maximum atomic E-state index is 3.81. The first-order valence-corrected chi connectivity index (χ1v) is 7.51. The van der Waals surface area contributed by atoms with E-state index in [1.165, 1.54) is 51.4 Å². The van der Waals surface area contributed by atoms with Gasteiger partial charge in [-0.05, 0) is 32.1 Å². The molecule has 0 bridgehead atoms. The van der Waals surface area contributed by atoms with E-state index >= 15 is 0 Å². The Morgan fingerprint density at radius 2 is 1.29 bits per heavy atom. The van der Waals surface area contributed by atoms with E-state index in [-0.39, 0.29) is 0 Å². The Bertz CT molecular complexity index is 176. The van der Waals surface area contributed by atoms with Crippen molar-refractivity contribution in [3.8, 4) is 0 Å². The standard InChI is InChI=1S/C17H31/c1-3-5-7-9-11-13-15-17-16-14-12-10-8-6-4-2/h7,9,13,15H,1,3-6,8,10-12,14,16-17H2,2H3. The molecule has 0 saturated heterocycles. The Morgan fingerprint density at radius 1 is 0.706 bits per heavy atom. The van der Waals surface area contributed by atoms with Gasteiger partial charge in [0.05, 0.1) is 0 Å². The third-order valence-corrected chi connectivity index (χ3v) is 2.95. The summed E-state index contributed by atoms with van der Waals surface area (Å²) in [4.78, 5) is 0. The number of allylic oxidation sites excluding steroid dienone is 4. The molecule has 99 valence electrons. The van der Waals surface area contributed by atoms with Gasteiger partial charge in [-0.3, -0.25) is 0 Å². The van der Waals surface area contributed by atoms with Crippen LogP contribution in [0.1, 0.15) is 77.6 Å². The smallest absolute Gasteiger partial charge is 0.0169 e. The minimum absolute atomic E-state index is 1.01. The average molecular weight is 235 g/mol. The van der Waals surface area contributed by atoms with Crippen molar-refractivity contribution in [1.82, 2.24) is 0 Å². The molecule has 17 heavy (non-hydrogen) atoms. The van der Waals surface area contributed by atoms with E-state index in [1.807, 2.05) is 0 Å². The van der Waals surface area contributed by atoms with Crippen LogP contribution < -0.4 is 0 Å². The number of hydrogen-bond acceptors (Lipinski definition) is 0. The van der Waals surface area contributed by atoms with Gasteiger partial charge < -0.3 is 0 Å². The highest BCUT2D eigenvalue weighted by molar-refractivity contribution is 4.92. The fourth-order valence-corrected chi connectivity index (χ4v) is 1.84. The van der Waals surface area contributed by atoms with Gasteiger partial charge in [0.25, 0.3) is 0 Å². The molecule has 0 rings (SSSR count). The van der Waals surface area contributed by atoms with Crippen LogP contribution in [0.2, 0.25) is 0 Å². The van der Waals surface area contributed by atoms with E-state index in [2.05, 4.69) is 38.2 Å². The van der Waals surface area contributed by atoms with Crippen molar-refractivity contribution in [3.05, 3.63) is 31.2 Å². The third-order valence-electron chi connectivity index (χ3n) is 2.95. The van der Waals surface area contributed by atoms with Crippen LogP contribution in [0, 0.1) is 6.92 Å². The highest BCUT2D eigenvalue weighted by Gasteiger charge is 1.88. The van der Waals surface area contributed by atoms with Gasteiger partial charge in [0.15, 0.2) is 0 Å². The molecule has 0 fully saturated rings. The normalized spacial score (nSPS) is 11.9. The maximum Gasteiger partial charge on any atom is -0.0169 e. The molecule has 0 amide bonds. The van der Waals surface area contributed by atoms with Crippen molar-refractivity contribution < 1.29 is 0 Å². The molecular formula is C17H31. The van der Waals surface area contributed by atoms with Gasteiger partial charge in [-0.1, -0.05) is 76.7 Å². The highest BCUT2D eigenvalue weighted by Crippen LogP contribution is 2.08. The first-order chi connectivity index (χ1) is 8.41. The lowest BCUT2D eigenvalue weighted by Crippen LogP contribution is -1.78. The first-order valence-electron chi connectivity index (χ1n) is 7.51. The second-order valence-electron chi connectivity index (χ2n) is 4.73. The SMILES string of the molecule is [CH2]CCC=CCC=CCCCCCCCCC. The summed E-state index contributed by atoms with van der Waals surface area (Å²) in [5, 5.41) is 0. The van der Waals surface area contributed by atoms with Crippen LogP contribution in [-0.4, -0.2) is 0 Å². The lowest BCUT2D eigenvalue weighted by molar-refractivity contribution is 0.592. The Balaban J connectivity index is 3.08. The van der Waals surface area contributed by atoms with Crippen molar-refractivity contribution in [2.45, 2.75) is 77.6 Å². The van der Waals surface area contributed by atoms with Crippen molar-refractivity contribution in [2.75, 3.05) is 0 Å². The Morgan fingerprint density at radius 3 is 1.94 bits per heavy atom. The molecule has 0 aliphatic rings. The predicted molar refractivity (Wildman–Crippen MR) is 80.1 cm³/mol. The van der Waals surface area contributed by atoms with Gasteiger partial charge in [-0.15, -0.1) is 0 Å².